The molecule has 1 rings (SSSR count). The summed E-state index contributed by atoms with van der Waals surface area (Å²) in [5, 5.41) is 15.1. The molecule has 0 saturated carbocycles. The summed E-state index contributed by atoms with van der Waals surface area (Å²) in [5.74, 6) is 0. The van der Waals surface area contributed by atoms with Crippen LogP contribution in [0.5, 0.6) is 0 Å². The molecule has 0 aliphatic heterocycles. The first-order chi connectivity index (χ1) is 9.15. The molecule has 19 heavy (non-hydrogen) atoms. The van der Waals surface area contributed by atoms with Crippen molar-refractivity contribution in [3.63, 3.8) is 0 Å². The van der Waals surface area contributed by atoms with E-state index in [4.69, 9.17) is 5.11 Å². The molecule has 0 bridgehead atoms. The number of hydrogen-bond donors (Lipinski definition) is 3. The van der Waals surface area contributed by atoms with E-state index in [1.807, 2.05) is 0 Å². The first-order valence-electron chi connectivity index (χ1n) is 7.47. The fraction of sp³-hybridized carbons (Fsp3) is 0.800. The van der Waals surface area contributed by atoms with Crippen molar-refractivity contribution in [3.8, 4) is 0 Å². The van der Waals surface area contributed by atoms with Crippen LogP contribution in [0.15, 0.2) is 12.2 Å². The standard InChI is InChI=1S/C15H28N2O2/c1-3-15(4-2,10-11-18)12-16-14(19)17-13-8-6-5-7-9-13/h6,8,13,18H,3-5,7,9-12H2,1-2H3,(H2,16,17,19). The molecule has 1 aliphatic carbocycles. The number of allylic oxidation sites excluding steroid dienone is 1. The van der Waals surface area contributed by atoms with Gasteiger partial charge >= 0.3 is 6.03 Å². The quantitative estimate of drug-likeness (QED) is 0.621. The molecule has 4 heteroatoms. The summed E-state index contributed by atoms with van der Waals surface area (Å²) < 4.78 is 0. The van der Waals surface area contributed by atoms with E-state index in [1.54, 1.807) is 0 Å². The molecule has 0 fully saturated rings. The molecule has 0 aromatic heterocycles. The van der Waals surface area contributed by atoms with E-state index in [1.165, 1.54) is 0 Å². The molecule has 0 radical (unpaired) electrons. The second-order valence-electron chi connectivity index (χ2n) is 5.47. The zero-order chi connectivity index (χ0) is 14.1. The van der Waals surface area contributed by atoms with Gasteiger partial charge in [-0.3, -0.25) is 0 Å². The minimum atomic E-state index is -0.0965. The van der Waals surface area contributed by atoms with E-state index in [0.29, 0.717) is 6.54 Å². The molecular formula is C15H28N2O2. The van der Waals surface area contributed by atoms with Crippen LogP contribution in [0.3, 0.4) is 0 Å². The van der Waals surface area contributed by atoms with E-state index in [2.05, 4.69) is 36.6 Å². The fourth-order valence-corrected chi connectivity index (χ4v) is 2.60. The fourth-order valence-electron chi connectivity index (χ4n) is 2.60. The molecule has 3 N–H and O–H groups in total. The first kappa shape index (κ1) is 16.0. The van der Waals surface area contributed by atoms with Gasteiger partial charge in [0.2, 0.25) is 0 Å². The lowest BCUT2D eigenvalue weighted by Crippen LogP contribution is -2.46. The number of nitrogens with one attached hydrogen (secondary N) is 2. The highest BCUT2D eigenvalue weighted by Gasteiger charge is 2.26. The lowest BCUT2D eigenvalue weighted by molar-refractivity contribution is 0.163. The summed E-state index contributed by atoms with van der Waals surface area (Å²) in [7, 11) is 0. The normalized spacial score (nSPS) is 19.2. The van der Waals surface area contributed by atoms with E-state index in [0.717, 1.165) is 38.5 Å². The Morgan fingerprint density at radius 3 is 2.68 bits per heavy atom. The number of amides is 2. The van der Waals surface area contributed by atoms with Gasteiger partial charge in [0, 0.05) is 19.2 Å². The van der Waals surface area contributed by atoms with Gasteiger partial charge in [-0.05, 0) is 43.9 Å². The monoisotopic (exact) mass is 268 g/mol. The average Bonchev–Trinajstić information content (AvgIpc) is 2.45. The van der Waals surface area contributed by atoms with Gasteiger partial charge in [0.1, 0.15) is 0 Å². The molecule has 0 spiro atoms. The number of carbonyl (C=O) groups is 1. The molecule has 2 amide bonds. The summed E-state index contributed by atoms with van der Waals surface area (Å²) >= 11 is 0. The van der Waals surface area contributed by atoms with Gasteiger partial charge in [-0.1, -0.05) is 26.0 Å². The van der Waals surface area contributed by atoms with E-state index < -0.39 is 0 Å². The third-order valence-electron chi connectivity index (χ3n) is 4.34. The minimum Gasteiger partial charge on any atom is -0.396 e. The van der Waals surface area contributed by atoms with Crippen molar-refractivity contribution in [2.75, 3.05) is 13.2 Å². The summed E-state index contributed by atoms with van der Waals surface area (Å²) in [4.78, 5) is 11.9. The second-order valence-corrected chi connectivity index (χ2v) is 5.47. The highest BCUT2D eigenvalue weighted by Crippen LogP contribution is 2.29. The van der Waals surface area contributed by atoms with Gasteiger partial charge in [0.05, 0.1) is 0 Å². The van der Waals surface area contributed by atoms with Crippen LogP contribution in [-0.4, -0.2) is 30.3 Å². The second kappa shape index (κ2) is 8.20. The highest BCUT2D eigenvalue weighted by atomic mass is 16.3. The number of aliphatic hydroxyl groups excluding tert-OH is 1. The van der Waals surface area contributed by atoms with Crippen molar-refractivity contribution in [1.82, 2.24) is 10.6 Å². The Bertz CT molecular complexity index is 299. The van der Waals surface area contributed by atoms with Crippen LogP contribution < -0.4 is 10.6 Å². The Hall–Kier alpha value is -1.03. The SMILES string of the molecule is CCC(CC)(CCO)CNC(=O)NC1C=CCCC1. The predicted octanol–water partition coefficient (Wildman–Crippen LogP) is 2.58. The van der Waals surface area contributed by atoms with Crippen LogP contribution in [0.25, 0.3) is 0 Å². The summed E-state index contributed by atoms with van der Waals surface area (Å²) in [5.41, 5.74) is 0.0223. The van der Waals surface area contributed by atoms with Gasteiger partial charge in [0.25, 0.3) is 0 Å². The topological polar surface area (TPSA) is 61.4 Å². The summed E-state index contributed by atoms with van der Waals surface area (Å²) in [6, 6.07) is 0.0741. The van der Waals surface area contributed by atoms with Crippen LogP contribution in [0.2, 0.25) is 0 Å². The van der Waals surface area contributed by atoms with E-state index in [-0.39, 0.29) is 24.1 Å². The van der Waals surface area contributed by atoms with E-state index >= 15 is 0 Å². The molecule has 0 saturated heterocycles. The number of hydrogen-bond acceptors (Lipinski definition) is 2. The van der Waals surface area contributed by atoms with E-state index in [9.17, 15) is 4.79 Å². The Morgan fingerprint density at radius 2 is 2.16 bits per heavy atom. The molecule has 110 valence electrons. The summed E-state index contributed by atoms with van der Waals surface area (Å²) in [6.45, 7) is 5.03. The Labute approximate surface area is 116 Å². The van der Waals surface area contributed by atoms with Crippen molar-refractivity contribution in [2.45, 2.75) is 58.4 Å². The molecule has 1 unspecified atom stereocenters. The third-order valence-corrected chi connectivity index (χ3v) is 4.34. The number of carbonyl (C=O) groups excluding carboxylic acids is 1. The van der Waals surface area contributed by atoms with Crippen LogP contribution in [-0.2, 0) is 0 Å². The average molecular weight is 268 g/mol. The molecule has 1 aliphatic rings. The van der Waals surface area contributed by atoms with Crippen molar-refractivity contribution < 1.29 is 9.90 Å². The maximum Gasteiger partial charge on any atom is 0.315 e. The smallest absolute Gasteiger partial charge is 0.315 e. The highest BCUT2D eigenvalue weighted by molar-refractivity contribution is 5.74. The maximum absolute atomic E-state index is 11.9. The van der Waals surface area contributed by atoms with Gasteiger partial charge in [-0.2, -0.15) is 0 Å². The number of urea groups is 1. The zero-order valence-corrected chi connectivity index (χ0v) is 12.2. The Balaban J connectivity index is 2.38. The minimum absolute atomic E-state index is 0.0223. The maximum atomic E-state index is 11.9. The van der Waals surface area contributed by atoms with Crippen LogP contribution >= 0.6 is 0 Å². The van der Waals surface area contributed by atoms with Gasteiger partial charge < -0.3 is 15.7 Å². The third kappa shape index (κ3) is 5.23. The van der Waals surface area contributed by atoms with Crippen molar-refractivity contribution in [1.29, 1.82) is 0 Å². The van der Waals surface area contributed by atoms with Crippen LogP contribution in [0, 0.1) is 5.41 Å². The van der Waals surface area contributed by atoms with Crippen LogP contribution in [0.1, 0.15) is 52.4 Å². The Morgan fingerprint density at radius 1 is 1.42 bits per heavy atom. The zero-order valence-electron chi connectivity index (χ0n) is 12.2. The lowest BCUT2D eigenvalue weighted by Gasteiger charge is -2.31. The van der Waals surface area contributed by atoms with Gasteiger partial charge in [0.15, 0.2) is 0 Å². The summed E-state index contributed by atoms with van der Waals surface area (Å²) in [6.07, 6.45) is 10.1. The molecule has 0 aromatic rings. The van der Waals surface area contributed by atoms with Crippen molar-refractivity contribution in [3.05, 3.63) is 12.2 Å². The molecule has 0 aromatic carbocycles. The molecule has 1 atom stereocenters. The lowest BCUT2D eigenvalue weighted by atomic mass is 9.79. The van der Waals surface area contributed by atoms with Gasteiger partial charge in [-0.15, -0.1) is 0 Å². The van der Waals surface area contributed by atoms with Crippen molar-refractivity contribution in [2.24, 2.45) is 5.41 Å². The predicted molar refractivity (Wildman–Crippen MR) is 78.0 cm³/mol. The molecule has 4 nitrogen and oxygen atoms in total. The van der Waals surface area contributed by atoms with Crippen molar-refractivity contribution >= 4 is 6.03 Å². The first-order valence-corrected chi connectivity index (χ1v) is 7.47. The largest absolute Gasteiger partial charge is 0.396 e. The van der Waals surface area contributed by atoms with Crippen LogP contribution in [0.4, 0.5) is 4.79 Å². The molecular weight excluding hydrogens is 240 g/mol. The number of aliphatic hydroxyl groups is 1. The molecule has 0 heterocycles. The Kier molecular flexibility index (Phi) is 6.92. The number of rotatable bonds is 7. The van der Waals surface area contributed by atoms with Gasteiger partial charge in [-0.25, -0.2) is 4.79 Å².